The first kappa shape index (κ1) is 20.7. The number of ether oxygens (including phenoxy) is 1. The molecule has 8 heteroatoms. The monoisotopic (exact) mass is 354 g/mol. The Balaban J connectivity index is 2.92. The highest BCUT2D eigenvalue weighted by molar-refractivity contribution is 5.86. The minimum absolute atomic E-state index is 0.119. The van der Waals surface area contributed by atoms with Gasteiger partial charge in [0, 0.05) is 25.0 Å². The van der Waals surface area contributed by atoms with Crippen LogP contribution in [0, 0.1) is 0 Å². The zero-order valence-electron chi connectivity index (χ0n) is 15.5. The molecule has 1 rings (SSSR count). The van der Waals surface area contributed by atoms with Crippen molar-refractivity contribution in [2.45, 2.75) is 59.3 Å². The number of hydrogen-bond donors (Lipinski definition) is 1. The number of pyridine rings is 1. The summed E-state index contributed by atoms with van der Waals surface area (Å²) in [5.41, 5.74) is -2.20. The van der Waals surface area contributed by atoms with Crippen LogP contribution in [-0.4, -0.2) is 44.5 Å². The van der Waals surface area contributed by atoms with E-state index in [9.17, 15) is 14.4 Å². The second-order valence-electron chi connectivity index (χ2n) is 7.55. The minimum atomic E-state index is -1.30. The third-order valence-corrected chi connectivity index (χ3v) is 2.75. The van der Waals surface area contributed by atoms with Gasteiger partial charge in [-0.3, -0.25) is 9.63 Å². The molecule has 0 saturated carbocycles. The predicted molar refractivity (Wildman–Crippen MR) is 91.4 cm³/mol. The molecule has 0 aliphatic heterocycles. The Kier molecular flexibility index (Phi) is 6.37. The van der Waals surface area contributed by atoms with E-state index >= 15 is 0 Å². The molecule has 0 saturated heterocycles. The molecule has 0 fully saturated rings. The SMILES string of the molecule is CC(C)(C)OC(=O)N(CCn1ccc(=O)c(C(=O)O)c1)OC(C)(C)C. The van der Waals surface area contributed by atoms with Crippen molar-refractivity contribution in [3.8, 4) is 0 Å². The standard InChI is InChI=1S/C17H26N2O6/c1-16(2,3)24-15(23)19(25-17(4,5)6)10-9-18-8-7-13(20)12(11-18)14(21)22/h7-8,11H,9-10H2,1-6H3,(H,21,22). The van der Waals surface area contributed by atoms with Crippen LogP contribution in [0.4, 0.5) is 4.79 Å². The molecular weight excluding hydrogens is 328 g/mol. The Morgan fingerprint density at radius 3 is 2.24 bits per heavy atom. The van der Waals surface area contributed by atoms with E-state index in [1.54, 1.807) is 41.5 Å². The van der Waals surface area contributed by atoms with E-state index < -0.39 is 28.7 Å². The number of carboxylic acid groups (broad SMARTS) is 1. The molecule has 0 radical (unpaired) electrons. The zero-order chi connectivity index (χ0) is 19.4. The number of aromatic carboxylic acids is 1. The van der Waals surface area contributed by atoms with Crippen molar-refractivity contribution in [3.05, 3.63) is 34.2 Å². The quantitative estimate of drug-likeness (QED) is 0.816. The number of carbonyl (C=O) groups is 2. The Morgan fingerprint density at radius 2 is 1.76 bits per heavy atom. The summed E-state index contributed by atoms with van der Waals surface area (Å²) in [5, 5.41) is 10.1. The summed E-state index contributed by atoms with van der Waals surface area (Å²) in [6.45, 7) is 11.0. The minimum Gasteiger partial charge on any atom is -0.477 e. The lowest BCUT2D eigenvalue weighted by Crippen LogP contribution is -2.43. The van der Waals surface area contributed by atoms with Crippen molar-refractivity contribution in [1.82, 2.24) is 9.63 Å². The molecule has 25 heavy (non-hydrogen) atoms. The zero-order valence-corrected chi connectivity index (χ0v) is 15.5. The first-order valence-corrected chi connectivity index (χ1v) is 7.91. The highest BCUT2D eigenvalue weighted by Gasteiger charge is 2.27. The molecule has 0 unspecified atom stereocenters. The Labute approximate surface area is 146 Å². The van der Waals surface area contributed by atoms with Gasteiger partial charge in [0.15, 0.2) is 5.43 Å². The van der Waals surface area contributed by atoms with Crippen molar-refractivity contribution in [1.29, 1.82) is 0 Å². The average Bonchev–Trinajstić information content (AvgIpc) is 2.41. The van der Waals surface area contributed by atoms with Crippen LogP contribution < -0.4 is 5.43 Å². The van der Waals surface area contributed by atoms with Crippen molar-refractivity contribution < 1.29 is 24.3 Å². The molecular formula is C17H26N2O6. The topological polar surface area (TPSA) is 98.1 Å². The highest BCUT2D eigenvalue weighted by atomic mass is 16.7. The predicted octanol–water partition coefficient (Wildman–Crippen LogP) is 2.51. The van der Waals surface area contributed by atoms with E-state index in [1.807, 2.05) is 0 Å². The van der Waals surface area contributed by atoms with E-state index in [0.717, 1.165) is 5.06 Å². The fourth-order valence-corrected chi connectivity index (χ4v) is 1.85. The second kappa shape index (κ2) is 7.69. The third kappa shape index (κ3) is 7.38. The number of rotatable bonds is 5. The number of amides is 1. The maximum Gasteiger partial charge on any atom is 0.434 e. The normalized spacial score (nSPS) is 11.9. The first-order chi connectivity index (χ1) is 11.3. The summed E-state index contributed by atoms with van der Waals surface area (Å²) in [4.78, 5) is 40.5. The van der Waals surface area contributed by atoms with Gasteiger partial charge in [-0.25, -0.2) is 9.59 Å². The summed E-state index contributed by atoms with van der Waals surface area (Å²) >= 11 is 0. The van der Waals surface area contributed by atoms with E-state index in [-0.39, 0.29) is 18.7 Å². The Morgan fingerprint density at radius 1 is 1.16 bits per heavy atom. The van der Waals surface area contributed by atoms with Gasteiger partial charge in [-0.2, -0.15) is 5.06 Å². The number of aromatic nitrogens is 1. The molecule has 1 aromatic rings. The molecule has 0 aromatic carbocycles. The van der Waals surface area contributed by atoms with Crippen molar-refractivity contribution in [2.75, 3.05) is 6.54 Å². The van der Waals surface area contributed by atoms with Crippen LogP contribution in [0.1, 0.15) is 51.9 Å². The fourth-order valence-electron chi connectivity index (χ4n) is 1.85. The van der Waals surface area contributed by atoms with E-state index in [1.165, 1.54) is 23.0 Å². The summed E-state index contributed by atoms with van der Waals surface area (Å²) in [6.07, 6.45) is 2.05. The highest BCUT2D eigenvalue weighted by Crippen LogP contribution is 2.15. The molecule has 0 aliphatic rings. The van der Waals surface area contributed by atoms with Gasteiger partial charge < -0.3 is 14.4 Å². The smallest absolute Gasteiger partial charge is 0.434 e. The second-order valence-corrected chi connectivity index (χ2v) is 7.55. The lowest BCUT2D eigenvalue weighted by Gasteiger charge is -2.31. The fraction of sp³-hybridized carbons (Fsp3) is 0.588. The van der Waals surface area contributed by atoms with E-state index in [2.05, 4.69) is 0 Å². The molecule has 1 amide bonds. The van der Waals surface area contributed by atoms with Crippen LogP contribution in [0.2, 0.25) is 0 Å². The average molecular weight is 354 g/mol. The Hall–Kier alpha value is -2.35. The van der Waals surface area contributed by atoms with Gasteiger partial charge >= 0.3 is 12.1 Å². The molecule has 1 aromatic heterocycles. The van der Waals surface area contributed by atoms with Crippen LogP contribution in [0.15, 0.2) is 23.3 Å². The van der Waals surface area contributed by atoms with Gasteiger partial charge in [-0.15, -0.1) is 0 Å². The van der Waals surface area contributed by atoms with Gasteiger partial charge in [0.25, 0.3) is 0 Å². The molecule has 0 bridgehead atoms. The van der Waals surface area contributed by atoms with Crippen LogP contribution in [0.3, 0.4) is 0 Å². The summed E-state index contributed by atoms with van der Waals surface area (Å²) in [5.74, 6) is -1.30. The maximum absolute atomic E-state index is 12.3. The van der Waals surface area contributed by atoms with Crippen LogP contribution in [-0.2, 0) is 16.1 Å². The number of nitrogens with zero attached hydrogens (tertiary/aromatic N) is 2. The van der Waals surface area contributed by atoms with Crippen LogP contribution in [0.5, 0.6) is 0 Å². The van der Waals surface area contributed by atoms with E-state index in [0.29, 0.717) is 0 Å². The molecule has 0 atom stereocenters. The number of hydrogen-bond acceptors (Lipinski definition) is 5. The first-order valence-electron chi connectivity index (χ1n) is 7.91. The van der Waals surface area contributed by atoms with Crippen LogP contribution in [0.25, 0.3) is 0 Å². The number of carboxylic acids is 1. The maximum atomic E-state index is 12.3. The molecule has 0 aliphatic carbocycles. The summed E-state index contributed by atoms with van der Waals surface area (Å²) in [7, 11) is 0. The van der Waals surface area contributed by atoms with Gasteiger partial charge in [0.05, 0.1) is 12.1 Å². The van der Waals surface area contributed by atoms with Gasteiger partial charge in [-0.05, 0) is 41.5 Å². The van der Waals surface area contributed by atoms with Crippen molar-refractivity contribution in [2.24, 2.45) is 0 Å². The lowest BCUT2D eigenvalue weighted by molar-refractivity contribution is -0.212. The van der Waals surface area contributed by atoms with Gasteiger partial charge in [0.1, 0.15) is 11.2 Å². The molecule has 1 N–H and O–H groups in total. The third-order valence-electron chi connectivity index (χ3n) is 2.75. The molecule has 8 nitrogen and oxygen atoms in total. The van der Waals surface area contributed by atoms with Crippen molar-refractivity contribution in [3.63, 3.8) is 0 Å². The molecule has 0 spiro atoms. The van der Waals surface area contributed by atoms with Crippen molar-refractivity contribution >= 4 is 12.1 Å². The largest absolute Gasteiger partial charge is 0.477 e. The number of carbonyl (C=O) groups excluding carboxylic acids is 1. The molecule has 140 valence electrons. The lowest BCUT2D eigenvalue weighted by atomic mass is 10.2. The van der Waals surface area contributed by atoms with Gasteiger partial charge in [0.2, 0.25) is 0 Å². The van der Waals surface area contributed by atoms with E-state index in [4.69, 9.17) is 14.7 Å². The van der Waals surface area contributed by atoms with Crippen LogP contribution >= 0.6 is 0 Å². The summed E-state index contributed by atoms with van der Waals surface area (Å²) in [6, 6.07) is 1.17. The Bertz CT molecular complexity index is 682. The van der Waals surface area contributed by atoms with Gasteiger partial charge in [-0.1, -0.05) is 0 Å². The molecule has 1 heterocycles. The number of hydroxylamine groups is 2. The summed E-state index contributed by atoms with van der Waals surface area (Å²) < 4.78 is 6.83.